The normalized spacial score (nSPS) is 49.7. The number of rotatable bonds is 3. The van der Waals surface area contributed by atoms with Crippen LogP contribution in [0.25, 0.3) is 0 Å². The number of likely N-dealkylation sites (tertiary alicyclic amines) is 1. The minimum absolute atomic E-state index is 0.821. The lowest BCUT2D eigenvalue weighted by Gasteiger charge is -2.59. The molecule has 4 aliphatic carbocycles. The van der Waals surface area contributed by atoms with E-state index in [9.17, 15) is 0 Å². The maximum Gasteiger partial charge on any atom is 0.0155 e. The lowest BCUT2D eigenvalue weighted by atomic mass is 9.53. The molecule has 1 heterocycles. The Morgan fingerprint density at radius 2 is 1.58 bits per heavy atom. The lowest BCUT2D eigenvalue weighted by molar-refractivity contribution is -0.0867. The van der Waals surface area contributed by atoms with Gasteiger partial charge in [0.2, 0.25) is 0 Å². The Bertz CT molecular complexity index is 297. The molecule has 1 unspecified atom stereocenters. The van der Waals surface area contributed by atoms with Gasteiger partial charge >= 0.3 is 0 Å². The Morgan fingerprint density at radius 1 is 0.895 bits per heavy atom. The molecule has 5 aliphatic rings. The molecule has 4 bridgehead atoms. The van der Waals surface area contributed by atoms with Gasteiger partial charge in [-0.25, -0.2) is 0 Å². The summed E-state index contributed by atoms with van der Waals surface area (Å²) in [5.41, 5.74) is 5.87. The number of piperidine rings is 1. The molecule has 5 rings (SSSR count). The fraction of sp³-hybridized carbons (Fsp3) is 1.00. The summed E-state index contributed by atoms with van der Waals surface area (Å²) in [7, 11) is 0. The van der Waals surface area contributed by atoms with Crippen LogP contribution in [0, 0.1) is 23.7 Å². The van der Waals surface area contributed by atoms with Crippen molar-refractivity contribution in [1.29, 1.82) is 0 Å². The summed E-state index contributed by atoms with van der Waals surface area (Å²) < 4.78 is 0. The van der Waals surface area contributed by atoms with Crippen molar-refractivity contribution in [1.82, 2.24) is 4.90 Å². The van der Waals surface area contributed by atoms with E-state index in [4.69, 9.17) is 5.73 Å². The van der Waals surface area contributed by atoms with Gasteiger partial charge in [0.1, 0.15) is 0 Å². The Kier molecular flexibility index (Phi) is 3.35. The van der Waals surface area contributed by atoms with E-state index in [1.54, 1.807) is 32.1 Å². The molecule has 5 fully saturated rings. The van der Waals surface area contributed by atoms with Crippen LogP contribution < -0.4 is 5.73 Å². The van der Waals surface area contributed by atoms with Gasteiger partial charge in [-0.15, -0.1) is 0 Å². The highest BCUT2D eigenvalue weighted by molar-refractivity contribution is 5.03. The van der Waals surface area contributed by atoms with Crippen LogP contribution in [-0.4, -0.2) is 30.1 Å². The second kappa shape index (κ2) is 5.04. The highest BCUT2D eigenvalue weighted by Crippen LogP contribution is 2.55. The van der Waals surface area contributed by atoms with Crippen molar-refractivity contribution in [3.8, 4) is 0 Å². The topological polar surface area (TPSA) is 29.3 Å². The second-order valence-electron chi connectivity index (χ2n) is 7.89. The molecule has 0 aromatic heterocycles. The van der Waals surface area contributed by atoms with Crippen molar-refractivity contribution in [2.24, 2.45) is 29.4 Å². The molecule has 19 heavy (non-hydrogen) atoms. The highest BCUT2D eigenvalue weighted by atomic mass is 15.2. The summed E-state index contributed by atoms with van der Waals surface area (Å²) >= 11 is 0. The molecule has 0 spiro atoms. The average molecular weight is 262 g/mol. The quantitative estimate of drug-likeness (QED) is 0.847. The second-order valence-corrected chi connectivity index (χ2v) is 7.89. The first-order valence-electron chi connectivity index (χ1n) is 8.81. The van der Waals surface area contributed by atoms with Crippen molar-refractivity contribution in [3.63, 3.8) is 0 Å². The minimum Gasteiger partial charge on any atom is -0.330 e. The lowest BCUT2D eigenvalue weighted by Crippen LogP contribution is -2.59. The Hall–Kier alpha value is -0.0800. The Balaban J connectivity index is 1.53. The van der Waals surface area contributed by atoms with Crippen LogP contribution >= 0.6 is 0 Å². The van der Waals surface area contributed by atoms with Gasteiger partial charge in [-0.2, -0.15) is 0 Å². The molecule has 0 amide bonds. The van der Waals surface area contributed by atoms with Crippen molar-refractivity contribution in [2.75, 3.05) is 13.1 Å². The van der Waals surface area contributed by atoms with E-state index in [0.717, 1.165) is 42.3 Å². The van der Waals surface area contributed by atoms with Crippen LogP contribution in [0.4, 0.5) is 0 Å². The van der Waals surface area contributed by atoms with Gasteiger partial charge in [0, 0.05) is 12.1 Å². The fourth-order valence-electron chi connectivity index (χ4n) is 6.36. The number of hydrogen-bond donors (Lipinski definition) is 1. The van der Waals surface area contributed by atoms with E-state index < -0.39 is 0 Å². The fourth-order valence-corrected chi connectivity index (χ4v) is 6.36. The van der Waals surface area contributed by atoms with E-state index in [-0.39, 0.29) is 0 Å². The SMILES string of the molecule is NCCC1CCCCN1C1C2CC3CC(C2)CC1C3. The molecule has 2 heteroatoms. The van der Waals surface area contributed by atoms with Gasteiger partial charge in [0.15, 0.2) is 0 Å². The van der Waals surface area contributed by atoms with Crippen LogP contribution in [0.1, 0.15) is 57.8 Å². The molecule has 4 saturated carbocycles. The van der Waals surface area contributed by atoms with Gasteiger partial charge < -0.3 is 5.73 Å². The van der Waals surface area contributed by atoms with Crippen LogP contribution in [-0.2, 0) is 0 Å². The zero-order chi connectivity index (χ0) is 12.8. The summed E-state index contributed by atoms with van der Waals surface area (Å²) in [6.07, 6.45) is 13.3. The first-order chi connectivity index (χ1) is 9.35. The van der Waals surface area contributed by atoms with E-state index in [1.165, 1.54) is 32.2 Å². The van der Waals surface area contributed by atoms with Crippen molar-refractivity contribution >= 4 is 0 Å². The highest BCUT2D eigenvalue weighted by Gasteiger charge is 2.51. The van der Waals surface area contributed by atoms with Gasteiger partial charge in [-0.1, -0.05) is 6.42 Å². The largest absolute Gasteiger partial charge is 0.330 e. The average Bonchev–Trinajstić information content (AvgIpc) is 2.39. The van der Waals surface area contributed by atoms with Gasteiger partial charge in [0.25, 0.3) is 0 Å². The van der Waals surface area contributed by atoms with Crippen molar-refractivity contribution in [2.45, 2.75) is 69.9 Å². The van der Waals surface area contributed by atoms with E-state index >= 15 is 0 Å². The molecule has 0 aromatic rings. The van der Waals surface area contributed by atoms with Gasteiger partial charge in [0.05, 0.1) is 0 Å². The van der Waals surface area contributed by atoms with Gasteiger partial charge in [-0.3, -0.25) is 4.90 Å². The summed E-state index contributed by atoms with van der Waals surface area (Å²) in [6, 6.07) is 1.77. The minimum atomic E-state index is 0.821. The smallest absolute Gasteiger partial charge is 0.0155 e. The summed E-state index contributed by atoms with van der Waals surface area (Å²) in [6.45, 7) is 2.26. The summed E-state index contributed by atoms with van der Waals surface area (Å²) in [5.74, 6) is 4.32. The number of nitrogens with two attached hydrogens (primary N) is 1. The van der Waals surface area contributed by atoms with E-state index in [0.29, 0.717) is 0 Å². The molecule has 0 aromatic carbocycles. The van der Waals surface area contributed by atoms with E-state index in [2.05, 4.69) is 4.90 Å². The Labute approximate surface area is 118 Å². The number of nitrogens with zero attached hydrogens (tertiary/aromatic N) is 1. The van der Waals surface area contributed by atoms with Crippen LogP contribution in [0.5, 0.6) is 0 Å². The molecule has 1 saturated heterocycles. The van der Waals surface area contributed by atoms with Crippen LogP contribution in [0.3, 0.4) is 0 Å². The first kappa shape index (κ1) is 12.6. The molecule has 2 nitrogen and oxygen atoms in total. The van der Waals surface area contributed by atoms with Crippen molar-refractivity contribution in [3.05, 3.63) is 0 Å². The predicted molar refractivity (Wildman–Crippen MR) is 78.8 cm³/mol. The maximum atomic E-state index is 5.87. The molecule has 1 atom stereocenters. The summed E-state index contributed by atoms with van der Waals surface area (Å²) in [5, 5.41) is 0. The third-order valence-corrected chi connectivity index (χ3v) is 6.73. The molecule has 108 valence electrons. The zero-order valence-corrected chi connectivity index (χ0v) is 12.3. The third-order valence-electron chi connectivity index (χ3n) is 6.73. The Morgan fingerprint density at radius 3 is 2.21 bits per heavy atom. The van der Waals surface area contributed by atoms with Crippen molar-refractivity contribution < 1.29 is 0 Å². The standard InChI is InChI=1S/C17H30N2/c18-5-4-16-3-1-2-6-19(16)17-14-8-12-7-13(10-14)11-15(17)9-12/h12-17H,1-11,18H2. The molecule has 0 radical (unpaired) electrons. The monoisotopic (exact) mass is 262 g/mol. The third kappa shape index (κ3) is 2.15. The van der Waals surface area contributed by atoms with E-state index in [1.807, 2.05) is 0 Å². The predicted octanol–water partition coefficient (Wildman–Crippen LogP) is 3.01. The number of hydrogen-bond acceptors (Lipinski definition) is 2. The zero-order valence-electron chi connectivity index (χ0n) is 12.3. The first-order valence-corrected chi connectivity index (χ1v) is 8.81. The summed E-state index contributed by atoms with van der Waals surface area (Å²) in [4.78, 5) is 2.95. The van der Waals surface area contributed by atoms with Crippen LogP contribution in [0.15, 0.2) is 0 Å². The molecule has 2 N–H and O–H groups in total. The van der Waals surface area contributed by atoms with Gasteiger partial charge in [-0.05, 0) is 88.1 Å². The molecular formula is C17H30N2. The maximum absolute atomic E-state index is 5.87. The molecule has 1 aliphatic heterocycles. The molecular weight excluding hydrogens is 232 g/mol. The van der Waals surface area contributed by atoms with Crippen LogP contribution in [0.2, 0.25) is 0 Å².